The topological polar surface area (TPSA) is 111 Å². The molecular weight excluding hydrogens is 480 g/mol. The van der Waals surface area contributed by atoms with Gasteiger partial charge in [0.05, 0.1) is 23.1 Å². The number of sulfone groups is 1. The second-order valence-electron chi connectivity index (χ2n) is 10.1. The summed E-state index contributed by atoms with van der Waals surface area (Å²) < 4.78 is 25.3. The summed E-state index contributed by atoms with van der Waals surface area (Å²) >= 11 is 0. The van der Waals surface area contributed by atoms with E-state index < -0.39 is 15.9 Å². The Morgan fingerprint density at radius 2 is 1.83 bits per heavy atom. The largest absolute Gasteiger partial charge is 0.394 e. The van der Waals surface area contributed by atoms with Crippen LogP contribution in [0.4, 0.5) is 11.5 Å². The second-order valence-corrected chi connectivity index (χ2v) is 12.0. The van der Waals surface area contributed by atoms with Crippen molar-refractivity contribution < 1.29 is 23.1 Å². The van der Waals surface area contributed by atoms with Gasteiger partial charge in [-0.1, -0.05) is 6.07 Å². The lowest BCUT2D eigenvalue weighted by atomic mass is 10.1. The number of benzene rings is 1. The van der Waals surface area contributed by atoms with Gasteiger partial charge < -0.3 is 19.8 Å². The normalized spacial score (nSPS) is 20.8. The maximum atomic E-state index is 13.4. The number of amides is 2. The molecule has 1 saturated carbocycles. The maximum Gasteiger partial charge on any atom is 0.255 e. The molecule has 1 aromatic carbocycles. The van der Waals surface area contributed by atoms with E-state index >= 15 is 0 Å². The number of pyridine rings is 1. The fraction of sp³-hybridized carbons (Fsp3) is 0.500. The van der Waals surface area contributed by atoms with Crippen molar-refractivity contribution in [3.63, 3.8) is 0 Å². The van der Waals surface area contributed by atoms with E-state index in [2.05, 4.69) is 17.9 Å². The van der Waals surface area contributed by atoms with Gasteiger partial charge >= 0.3 is 0 Å². The van der Waals surface area contributed by atoms with Crippen LogP contribution in [0, 0.1) is 6.92 Å². The number of aliphatic hydroxyl groups excluding tert-OH is 1. The monoisotopic (exact) mass is 512 g/mol. The van der Waals surface area contributed by atoms with Crippen molar-refractivity contribution in [1.82, 2.24) is 9.88 Å². The quantitative estimate of drug-likeness (QED) is 0.631. The van der Waals surface area contributed by atoms with Gasteiger partial charge in [0.25, 0.3) is 5.91 Å². The van der Waals surface area contributed by atoms with E-state index in [0.717, 1.165) is 17.6 Å². The summed E-state index contributed by atoms with van der Waals surface area (Å²) in [5.74, 6) is 1.06. The molecule has 1 N–H and O–H groups in total. The van der Waals surface area contributed by atoms with E-state index in [9.17, 15) is 23.1 Å². The average molecular weight is 513 g/mol. The lowest BCUT2D eigenvalue weighted by Crippen LogP contribution is -2.49. The number of hydrogen-bond donors (Lipinski definition) is 1. The van der Waals surface area contributed by atoms with Crippen LogP contribution in [0.25, 0.3) is 0 Å². The van der Waals surface area contributed by atoms with Crippen molar-refractivity contribution in [1.29, 1.82) is 0 Å². The van der Waals surface area contributed by atoms with Gasteiger partial charge in [-0.25, -0.2) is 13.4 Å². The maximum absolute atomic E-state index is 13.4. The van der Waals surface area contributed by atoms with Crippen molar-refractivity contribution >= 4 is 33.2 Å². The van der Waals surface area contributed by atoms with Gasteiger partial charge in [-0.3, -0.25) is 9.59 Å². The summed E-state index contributed by atoms with van der Waals surface area (Å²) in [4.78, 5) is 35.7. The first-order valence-electron chi connectivity index (χ1n) is 12.4. The zero-order chi connectivity index (χ0) is 25.6. The van der Waals surface area contributed by atoms with Crippen LogP contribution < -0.4 is 9.80 Å². The van der Waals surface area contributed by atoms with Crippen LogP contribution in [0.15, 0.2) is 35.4 Å². The number of carbonyl (C=O) groups excluding carboxylic acids is 2. The molecular formula is C26H32N4O5S. The molecule has 1 aromatic heterocycles. The summed E-state index contributed by atoms with van der Waals surface area (Å²) in [7, 11) is -3.74. The second kappa shape index (κ2) is 9.48. The lowest BCUT2D eigenvalue weighted by Gasteiger charge is -2.36. The number of carbonyl (C=O) groups is 2. The highest BCUT2D eigenvalue weighted by atomic mass is 32.2. The van der Waals surface area contributed by atoms with Crippen LogP contribution in [-0.2, 0) is 14.6 Å². The summed E-state index contributed by atoms with van der Waals surface area (Å²) in [6.45, 7) is 3.98. The molecule has 1 aliphatic carbocycles. The third-order valence-corrected chi connectivity index (χ3v) is 8.53. The Bertz CT molecular complexity index is 1300. The van der Waals surface area contributed by atoms with E-state index in [1.165, 1.54) is 35.4 Å². The van der Waals surface area contributed by atoms with E-state index in [4.69, 9.17) is 4.98 Å². The molecule has 3 fully saturated rings. The average Bonchev–Trinajstić information content (AvgIpc) is 3.65. The Hall–Kier alpha value is -2.98. The molecule has 3 heterocycles. The third-order valence-electron chi connectivity index (χ3n) is 7.40. The predicted molar refractivity (Wildman–Crippen MR) is 136 cm³/mol. The highest BCUT2D eigenvalue weighted by Crippen LogP contribution is 2.40. The van der Waals surface area contributed by atoms with Gasteiger partial charge in [-0.05, 0) is 61.4 Å². The van der Waals surface area contributed by atoms with Crippen molar-refractivity contribution in [2.24, 2.45) is 0 Å². The van der Waals surface area contributed by atoms with Gasteiger partial charge in [0.15, 0.2) is 9.84 Å². The first-order chi connectivity index (χ1) is 17.2. The minimum atomic E-state index is -3.74. The smallest absolute Gasteiger partial charge is 0.255 e. The third kappa shape index (κ3) is 4.71. The highest BCUT2D eigenvalue weighted by Gasteiger charge is 2.34. The van der Waals surface area contributed by atoms with Gasteiger partial charge in [0.1, 0.15) is 5.82 Å². The molecule has 0 unspecified atom stereocenters. The van der Waals surface area contributed by atoms with Crippen LogP contribution in [0.1, 0.15) is 53.1 Å². The summed E-state index contributed by atoms with van der Waals surface area (Å²) in [6, 6.07) is 6.29. The minimum absolute atomic E-state index is 0.100. The van der Waals surface area contributed by atoms with Crippen LogP contribution in [0.2, 0.25) is 0 Å². The van der Waals surface area contributed by atoms with E-state index in [1.807, 2.05) is 6.20 Å². The molecule has 2 aromatic rings. The molecule has 192 valence electrons. The summed E-state index contributed by atoms with van der Waals surface area (Å²) in [5, 5.41) is 9.64. The molecule has 0 spiro atoms. The Morgan fingerprint density at radius 3 is 2.44 bits per heavy atom. The summed E-state index contributed by atoms with van der Waals surface area (Å²) in [6.07, 6.45) is 6.29. The van der Waals surface area contributed by atoms with Crippen molar-refractivity contribution in [3.8, 4) is 0 Å². The highest BCUT2D eigenvalue weighted by molar-refractivity contribution is 7.90. The standard InChI is InChI=1S/C26H32N4O5S/c1-17-13-19(18-3-4-18)15-27-25(17)28-9-11-29(12-10-28)26(33)22-7-5-20(14-23(22)36(2,34)35)30-21(16-31)6-8-24(30)32/h5,7,13-15,18,21,31H,3-4,6,8-12,16H2,1-2H3/t21-/m0/s1. The molecule has 2 amide bonds. The van der Waals surface area contributed by atoms with E-state index in [0.29, 0.717) is 50.6 Å². The van der Waals surface area contributed by atoms with Crippen molar-refractivity contribution in [2.45, 2.75) is 49.5 Å². The first kappa shape index (κ1) is 24.7. The molecule has 0 radical (unpaired) electrons. The number of nitrogens with zero attached hydrogens (tertiary/aromatic N) is 4. The Labute approximate surface area is 211 Å². The van der Waals surface area contributed by atoms with Crippen LogP contribution in [0.3, 0.4) is 0 Å². The van der Waals surface area contributed by atoms with Gasteiger partial charge in [0, 0.05) is 50.7 Å². The number of rotatable bonds is 6. The lowest BCUT2D eigenvalue weighted by molar-refractivity contribution is -0.117. The van der Waals surface area contributed by atoms with Crippen molar-refractivity contribution in [2.75, 3.05) is 48.8 Å². The van der Waals surface area contributed by atoms with Gasteiger partial charge in [0.2, 0.25) is 5.91 Å². The number of hydrogen-bond acceptors (Lipinski definition) is 7. The number of aromatic nitrogens is 1. The fourth-order valence-corrected chi connectivity index (χ4v) is 6.16. The van der Waals surface area contributed by atoms with Crippen LogP contribution in [0.5, 0.6) is 0 Å². The fourth-order valence-electron chi connectivity index (χ4n) is 5.27. The SMILES string of the molecule is Cc1cc(C2CC2)cnc1N1CCN(C(=O)c2ccc(N3C(=O)CC[C@H]3CO)cc2S(C)(=O)=O)CC1. The van der Waals surface area contributed by atoms with E-state index in [-0.39, 0.29) is 28.9 Å². The zero-order valence-electron chi connectivity index (χ0n) is 20.7. The zero-order valence-corrected chi connectivity index (χ0v) is 21.5. The molecule has 36 heavy (non-hydrogen) atoms. The minimum Gasteiger partial charge on any atom is -0.394 e. The first-order valence-corrected chi connectivity index (χ1v) is 14.3. The molecule has 1 atom stereocenters. The van der Waals surface area contributed by atoms with Crippen LogP contribution >= 0.6 is 0 Å². The molecule has 10 heteroatoms. The van der Waals surface area contributed by atoms with Gasteiger partial charge in [-0.2, -0.15) is 0 Å². The Kier molecular flexibility index (Phi) is 6.50. The predicted octanol–water partition coefficient (Wildman–Crippen LogP) is 2.12. The molecule has 2 aliphatic heterocycles. The number of aryl methyl sites for hydroxylation is 1. The molecule has 9 nitrogen and oxygen atoms in total. The molecule has 0 bridgehead atoms. The summed E-state index contributed by atoms with van der Waals surface area (Å²) in [5.41, 5.74) is 2.91. The van der Waals surface area contributed by atoms with Crippen molar-refractivity contribution in [3.05, 3.63) is 47.2 Å². The molecule has 5 rings (SSSR count). The van der Waals surface area contributed by atoms with Crippen LogP contribution in [-0.4, -0.2) is 80.3 Å². The van der Waals surface area contributed by atoms with Gasteiger partial charge in [-0.15, -0.1) is 0 Å². The molecule has 2 saturated heterocycles. The number of anilines is 2. The Balaban J connectivity index is 1.34. The van der Waals surface area contributed by atoms with E-state index in [1.54, 1.807) is 11.0 Å². The Morgan fingerprint density at radius 1 is 1.11 bits per heavy atom. The number of piperazine rings is 1. The number of aliphatic hydroxyl groups is 1. The molecule has 3 aliphatic rings.